The highest BCUT2D eigenvalue weighted by atomic mass is 35.5. The molecule has 2 heterocycles. The van der Waals surface area contributed by atoms with Crippen LogP contribution in [-0.4, -0.2) is 32.5 Å². The summed E-state index contributed by atoms with van der Waals surface area (Å²) >= 11 is 0. The van der Waals surface area contributed by atoms with Crippen LogP contribution in [0.1, 0.15) is 48.8 Å². The molecule has 0 radical (unpaired) electrons. The lowest BCUT2D eigenvalue weighted by Gasteiger charge is -2.35. The summed E-state index contributed by atoms with van der Waals surface area (Å²) in [5, 5.41) is 0. The molecule has 0 bridgehead atoms. The number of fused-ring (bicyclic) bond motifs is 1. The fourth-order valence-corrected chi connectivity index (χ4v) is 3.72. The second kappa shape index (κ2) is 10.5. The monoisotopic (exact) mass is 375 g/mol. The maximum Gasteiger partial charge on any atom is 0.123 e. The molecule has 142 valence electrons. The quantitative estimate of drug-likeness (QED) is 0.538. The summed E-state index contributed by atoms with van der Waals surface area (Å²) in [5.41, 5.74) is 8.36. The number of halogens is 1. The molecule has 1 unspecified atom stereocenters. The molecule has 5 nitrogen and oxygen atoms in total. The zero-order valence-corrected chi connectivity index (χ0v) is 16.2. The van der Waals surface area contributed by atoms with Crippen molar-refractivity contribution in [1.29, 1.82) is 0 Å². The number of nitrogens with two attached hydrogens (primary N) is 1. The summed E-state index contributed by atoms with van der Waals surface area (Å²) < 4.78 is 2.17. The average molecular weight is 376 g/mol. The van der Waals surface area contributed by atoms with E-state index in [0.29, 0.717) is 6.04 Å². The smallest absolute Gasteiger partial charge is 0.123 e. The maximum absolute atomic E-state index is 5.71. The van der Waals surface area contributed by atoms with Crippen LogP contribution in [0.2, 0.25) is 0 Å². The van der Waals surface area contributed by atoms with Crippen LogP contribution >= 0.6 is 12.4 Å². The number of unbranched alkanes of at least 4 members (excludes halogenated alkanes) is 1. The molecule has 0 saturated heterocycles. The number of allylic oxidation sites excluding steroid dienone is 1. The molecular formula is C20H30ClN5. The molecule has 0 aromatic carbocycles. The Balaban J connectivity index is 0.00000243. The van der Waals surface area contributed by atoms with E-state index >= 15 is 0 Å². The minimum atomic E-state index is 0. The van der Waals surface area contributed by atoms with Crippen molar-refractivity contribution in [2.45, 2.75) is 51.2 Å². The number of hydrogen-bond acceptors (Lipinski definition) is 4. The van der Waals surface area contributed by atoms with Crippen LogP contribution in [0.25, 0.3) is 0 Å². The van der Waals surface area contributed by atoms with Crippen molar-refractivity contribution in [3.8, 4) is 0 Å². The second-order valence-corrected chi connectivity index (χ2v) is 6.71. The predicted molar refractivity (Wildman–Crippen MR) is 108 cm³/mol. The molecule has 3 rings (SSSR count). The zero-order chi connectivity index (χ0) is 17.5. The Morgan fingerprint density at radius 1 is 1.31 bits per heavy atom. The lowest BCUT2D eigenvalue weighted by molar-refractivity contribution is 0.157. The van der Waals surface area contributed by atoms with Gasteiger partial charge in [0.15, 0.2) is 0 Å². The minimum absolute atomic E-state index is 0. The van der Waals surface area contributed by atoms with Gasteiger partial charge in [0.1, 0.15) is 5.82 Å². The maximum atomic E-state index is 5.71. The van der Waals surface area contributed by atoms with Crippen LogP contribution in [0, 0.1) is 0 Å². The summed E-state index contributed by atoms with van der Waals surface area (Å²) in [5.74, 6) is 1.09. The number of nitrogens with zero attached hydrogens (tertiary/aromatic N) is 4. The SMILES string of the molecule is C=CCn1ccnc1CN(CCCCN)C1CCCc2cccnc21.Cl. The molecule has 1 aliphatic carbocycles. The van der Waals surface area contributed by atoms with Gasteiger partial charge in [-0.2, -0.15) is 0 Å². The highest BCUT2D eigenvalue weighted by Gasteiger charge is 2.27. The highest BCUT2D eigenvalue weighted by molar-refractivity contribution is 5.85. The summed E-state index contributed by atoms with van der Waals surface area (Å²) in [6.07, 6.45) is 13.4. The van der Waals surface area contributed by atoms with Crippen molar-refractivity contribution in [2.24, 2.45) is 5.73 Å². The van der Waals surface area contributed by atoms with Gasteiger partial charge in [-0.05, 0) is 56.8 Å². The first kappa shape index (κ1) is 20.6. The highest BCUT2D eigenvalue weighted by Crippen LogP contribution is 2.33. The van der Waals surface area contributed by atoms with Crippen LogP contribution in [0.15, 0.2) is 43.4 Å². The van der Waals surface area contributed by atoms with Gasteiger partial charge in [0.05, 0.1) is 18.3 Å². The van der Waals surface area contributed by atoms with E-state index in [9.17, 15) is 0 Å². The van der Waals surface area contributed by atoms with Gasteiger partial charge < -0.3 is 10.3 Å². The summed E-state index contributed by atoms with van der Waals surface area (Å²) in [4.78, 5) is 11.9. The lowest BCUT2D eigenvalue weighted by Crippen LogP contribution is -2.33. The van der Waals surface area contributed by atoms with Gasteiger partial charge >= 0.3 is 0 Å². The second-order valence-electron chi connectivity index (χ2n) is 6.71. The van der Waals surface area contributed by atoms with Crippen molar-refractivity contribution >= 4 is 12.4 Å². The molecule has 1 aliphatic rings. The number of aryl methyl sites for hydroxylation is 1. The normalized spacial score (nSPS) is 16.2. The van der Waals surface area contributed by atoms with Crippen molar-refractivity contribution in [2.75, 3.05) is 13.1 Å². The molecule has 2 aromatic rings. The molecule has 2 N–H and O–H groups in total. The number of hydrogen-bond donors (Lipinski definition) is 1. The van der Waals surface area contributed by atoms with Gasteiger partial charge in [-0.15, -0.1) is 19.0 Å². The number of rotatable bonds is 9. The van der Waals surface area contributed by atoms with Gasteiger partial charge in [0.25, 0.3) is 0 Å². The summed E-state index contributed by atoms with van der Waals surface area (Å²) in [6, 6.07) is 4.65. The lowest BCUT2D eigenvalue weighted by atomic mass is 9.90. The van der Waals surface area contributed by atoms with Gasteiger partial charge in [0, 0.05) is 25.1 Å². The number of imidazole rings is 1. The first-order chi connectivity index (χ1) is 12.3. The predicted octanol–water partition coefficient (Wildman–Crippen LogP) is 3.50. The van der Waals surface area contributed by atoms with Crippen LogP contribution in [0.3, 0.4) is 0 Å². The molecule has 26 heavy (non-hydrogen) atoms. The van der Waals surface area contributed by atoms with Gasteiger partial charge in [-0.1, -0.05) is 12.1 Å². The third-order valence-corrected chi connectivity index (χ3v) is 4.98. The zero-order valence-electron chi connectivity index (χ0n) is 15.4. The van der Waals surface area contributed by atoms with Crippen LogP contribution in [-0.2, 0) is 19.5 Å². The number of pyridine rings is 1. The van der Waals surface area contributed by atoms with E-state index in [1.165, 1.54) is 17.7 Å². The van der Waals surface area contributed by atoms with E-state index in [1.807, 2.05) is 24.7 Å². The van der Waals surface area contributed by atoms with Crippen LogP contribution in [0.5, 0.6) is 0 Å². The molecule has 1 atom stereocenters. The largest absolute Gasteiger partial charge is 0.330 e. The van der Waals surface area contributed by atoms with E-state index in [-0.39, 0.29) is 12.4 Å². The van der Waals surface area contributed by atoms with Gasteiger partial charge in [-0.25, -0.2) is 4.98 Å². The Hall–Kier alpha value is -1.69. The first-order valence-electron chi connectivity index (χ1n) is 9.32. The topological polar surface area (TPSA) is 60.0 Å². The Labute approximate surface area is 162 Å². The Morgan fingerprint density at radius 2 is 2.19 bits per heavy atom. The molecule has 0 amide bonds. The van der Waals surface area contributed by atoms with Crippen molar-refractivity contribution < 1.29 is 0 Å². The number of aromatic nitrogens is 3. The summed E-state index contributed by atoms with van der Waals surface area (Å²) in [7, 11) is 0. The third-order valence-electron chi connectivity index (χ3n) is 4.98. The Kier molecular flexibility index (Phi) is 8.29. The molecular weight excluding hydrogens is 346 g/mol. The van der Waals surface area contributed by atoms with E-state index in [0.717, 1.165) is 57.7 Å². The molecule has 0 saturated carbocycles. The van der Waals surface area contributed by atoms with Crippen molar-refractivity contribution in [3.05, 3.63) is 60.5 Å². The Morgan fingerprint density at radius 3 is 3.00 bits per heavy atom. The van der Waals surface area contributed by atoms with E-state index in [1.54, 1.807) is 0 Å². The molecule has 0 fully saturated rings. The fourth-order valence-electron chi connectivity index (χ4n) is 3.72. The molecule has 0 spiro atoms. The average Bonchev–Trinajstić information content (AvgIpc) is 3.08. The summed E-state index contributed by atoms with van der Waals surface area (Å²) in [6.45, 7) is 7.26. The Bertz CT molecular complexity index is 684. The van der Waals surface area contributed by atoms with E-state index in [4.69, 9.17) is 10.7 Å². The van der Waals surface area contributed by atoms with Crippen LogP contribution < -0.4 is 5.73 Å². The minimum Gasteiger partial charge on any atom is -0.330 e. The van der Waals surface area contributed by atoms with E-state index < -0.39 is 0 Å². The standard InChI is InChI=1S/C20H29N5.ClH/c1-2-13-24-15-12-22-19(24)16-25(14-4-3-10-21)18-9-5-7-17-8-6-11-23-20(17)18;/h2,6,8,11-12,15,18H,1,3-5,7,9-10,13-14,16,21H2;1H. The van der Waals surface area contributed by atoms with Crippen LogP contribution in [0.4, 0.5) is 0 Å². The van der Waals surface area contributed by atoms with Crippen molar-refractivity contribution in [3.63, 3.8) is 0 Å². The molecule has 6 heteroatoms. The molecule has 2 aromatic heterocycles. The fraction of sp³-hybridized carbons (Fsp3) is 0.500. The van der Waals surface area contributed by atoms with Gasteiger partial charge in [-0.3, -0.25) is 9.88 Å². The first-order valence-corrected chi connectivity index (χ1v) is 9.32. The van der Waals surface area contributed by atoms with Gasteiger partial charge in [0.2, 0.25) is 0 Å². The third kappa shape index (κ3) is 4.93. The molecule has 0 aliphatic heterocycles. The van der Waals surface area contributed by atoms with Crippen molar-refractivity contribution in [1.82, 2.24) is 19.4 Å². The van der Waals surface area contributed by atoms with E-state index in [2.05, 4.69) is 33.2 Å².